The van der Waals surface area contributed by atoms with Gasteiger partial charge in [-0.25, -0.2) is 4.79 Å². The summed E-state index contributed by atoms with van der Waals surface area (Å²) >= 11 is 0. The second-order valence-corrected chi connectivity index (χ2v) is 5.72. The van der Waals surface area contributed by atoms with E-state index in [1.165, 1.54) is 12.7 Å². The number of ether oxygens (including phenoxy) is 2. The van der Waals surface area contributed by atoms with Crippen molar-refractivity contribution in [2.24, 2.45) is 0 Å². The van der Waals surface area contributed by atoms with Crippen LogP contribution in [-0.4, -0.2) is 13.1 Å². The van der Waals surface area contributed by atoms with Crippen molar-refractivity contribution >= 4 is 5.97 Å². The second-order valence-electron chi connectivity index (χ2n) is 5.72. The monoisotopic (exact) mass is 310 g/mol. The summed E-state index contributed by atoms with van der Waals surface area (Å²) in [7, 11) is 1.38. The number of hydrogen-bond acceptors (Lipinski definition) is 3. The van der Waals surface area contributed by atoms with Crippen LogP contribution < -0.4 is 4.74 Å². The van der Waals surface area contributed by atoms with Crippen LogP contribution in [0.4, 0.5) is 0 Å². The van der Waals surface area contributed by atoms with Gasteiger partial charge in [-0.3, -0.25) is 0 Å². The second kappa shape index (κ2) is 7.63. The Morgan fingerprint density at radius 3 is 2.43 bits per heavy atom. The standard InChI is InChI=1S/C20H22O3/c1-14(2)11-18-12-17(20(21)22-4)9-10-19(18)23-13-16-7-5-15(3)6-8-16/h5-10,12H,1,11,13H2,2-4H3. The normalized spacial score (nSPS) is 10.2. The van der Waals surface area contributed by atoms with Crippen LogP contribution in [0.5, 0.6) is 5.75 Å². The third kappa shape index (κ3) is 4.71. The van der Waals surface area contributed by atoms with E-state index >= 15 is 0 Å². The lowest BCUT2D eigenvalue weighted by Crippen LogP contribution is -2.04. The molecular formula is C20H22O3. The van der Waals surface area contributed by atoms with E-state index in [0.29, 0.717) is 18.6 Å². The quantitative estimate of drug-likeness (QED) is 0.583. The van der Waals surface area contributed by atoms with E-state index in [9.17, 15) is 4.79 Å². The highest BCUT2D eigenvalue weighted by Crippen LogP contribution is 2.24. The highest BCUT2D eigenvalue weighted by Gasteiger charge is 2.11. The van der Waals surface area contributed by atoms with Crippen LogP contribution in [0.25, 0.3) is 0 Å². The van der Waals surface area contributed by atoms with Crippen molar-refractivity contribution in [3.63, 3.8) is 0 Å². The number of allylic oxidation sites excluding steroid dienone is 1. The largest absolute Gasteiger partial charge is 0.489 e. The smallest absolute Gasteiger partial charge is 0.337 e. The van der Waals surface area contributed by atoms with Crippen molar-refractivity contribution in [1.82, 2.24) is 0 Å². The van der Waals surface area contributed by atoms with Crippen molar-refractivity contribution in [1.29, 1.82) is 0 Å². The highest BCUT2D eigenvalue weighted by atomic mass is 16.5. The number of aryl methyl sites for hydroxylation is 1. The molecule has 2 rings (SSSR count). The molecule has 0 fully saturated rings. The lowest BCUT2D eigenvalue weighted by Gasteiger charge is -2.13. The average Bonchev–Trinajstić information content (AvgIpc) is 2.54. The van der Waals surface area contributed by atoms with E-state index in [1.807, 2.05) is 19.1 Å². The maximum Gasteiger partial charge on any atom is 0.337 e. The summed E-state index contributed by atoms with van der Waals surface area (Å²) in [5.41, 5.74) is 4.79. The molecule has 0 N–H and O–H groups in total. The number of carbonyl (C=O) groups is 1. The van der Waals surface area contributed by atoms with Gasteiger partial charge in [-0.15, -0.1) is 0 Å². The van der Waals surface area contributed by atoms with Crippen LogP contribution in [0.1, 0.15) is 34.0 Å². The number of esters is 1. The Morgan fingerprint density at radius 1 is 1.13 bits per heavy atom. The van der Waals surface area contributed by atoms with Gasteiger partial charge in [0.25, 0.3) is 0 Å². The predicted molar refractivity (Wildman–Crippen MR) is 91.8 cm³/mol. The van der Waals surface area contributed by atoms with Gasteiger partial charge in [0.1, 0.15) is 12.4 Å². The molecule has 2 aromatic rings. The van der Waals surface area contributed by atoms with Crippen LogP contribution in [-0.2, 0) is 17.8 Å². The summed E-state index contributed by atoms with van der Waals surface area (Å²) < 4.78 is 10.7. The van der Waals surface area contributed by atoms with Crippen molar-refractivity contribution in [2.75, 3.05) is 7.11 Å². The molecule has 0 aliphatic carbocycles. The molecular weight excluding hydrogens is 288 g/mol. The Kier molecular flexibility index (Phi) is 5.58. The Hall–Kier alpha value is -2.55. The molecule has 0 bridgehead atoms. The first-order valence-electron chi connectivity index (χ1n) is 7.53. The molecule has 120 valence electrons. The fourth-order valence-corrected chi connectivity index (χ4v) is 2.27. The van der Waals surface area contributed by atoms with Gasteiger partial charge in [0.15, 0.2) is 0 Å². The van der Waals surface area contributed by atoms with E-state index in [0.717, 1.165) is 22.4 Å². The van der Waals surface area contributed by atoms with Gasteiger partial charge < -0.3 is 9.47 Å². The first-order valence-corrected chi connectivity index (χ1v) is 7.53. The zero-order valence-electron chi connectivity index (χ0n) is 13.9. The van der Waals surface area contributed by atoms with Gasteiger partial charge in [0.2, 0.25) is 0 Å². The third-order valence-corrected chi connectivity index (χ3v) is 3.49. The van der Waals surface area contributed by atoms with E-state index in [2.05, 4.69) is 37.8 Å². The van der Waals surface area contributed by atoms with E-state index in [-0.39, 0.29) is 5.97 Å². The summed E-state index contributed by atoms with van der Waals surface area (Å²) in [5.74, 6) is 0.416. The molecule has 0 aliphatic rings. The molecule has 0 saturated heterocycles. The fourth-order valence-electron chi connectivity index (χ4n) is 2.27. The molecule has 0 unspecified atom stereocenters. The predicted octanol–water partition coefficient (Wildman–Crippen LogP) is 4.48. The molecule has 2 aromatic carbocycles. The van der Waals surface area contributed by atoms with Gasteiger partial charge >= 0.3 is 5.97 Å². The summed E-state index contributed by atoms with van der Waals surface area (Å²) in [6, 6.07) is 13.6. The van der Waals surface area contributed by atoms with E-state index in [4.69, 9.17) is 9.47 Å². The number of methoxy groups -OCH3 is 1. The van der Waals surface area contributed by atoms with Crippen molar-refractivity contribution in [3.05, 3.63) is 76.9 Å². The minimum Gasteiger partial charge on any atom is -0.489 e. The molecule has 0 saturated carbocycles. The van der Waals surface area contributed by atoms with Crippen LogP contribution >= 0.6 is 0 Å². The van der Waals surface area contributed by atoms with Crippen LogP contribution in [0.3, 0.4) is 0 Å². The number of hydrogen-bond donors (Lipinski definition) is 0. The van der Waals surface area contributed by atoms with E-state index in [1.54, 1.807) is 6.07 Å². The van der Waals surface area contributed by atoms with Crippen molar-refractivity contribution in [2.45, 2.75) is 26.9 Å². The zero-order chi connectivity index (χ0) is 16.8. The molecule has 0 radical (unpaired) electrons. The Balaban J connectivity index is 2.20. The summed E-state index contributed by atoms with van der Waals surface area (Å²) in [6.07, 6.45) is 0.661. The number of benzene rings is 2. The van der Waals surface area contributed by atoms with Crippen molar-refractivity contribution in [3.8, 4) is 5.75 Å². The van der Waals surface area contributed by atoms with Crippen molar-refractivity contribution < 1.29 is 14.3 Å². The summed E-state index contributed by atoms with van der Waals surface area (Å²) in [4.78, 5) is 11.7. The van der Waals surface area contributed by atoms with Crippen LogP contribution in [0.2, 0.25) is 0 Å². The SMILES string of the molecule is C=C(C)Cc1cc(C(=O)OC)ccc1OCc1ccc(C)cc1. The van der Waals surface area contributed by atoms with Gasteiger partial charge in [-0.1, -0.05) is 42.0 Å². The molecule has 0 amide bonds. The fraction of sp³-hybridized carbons (Fsp3) is 0.250. The van der Waals surface area contributed by atoms with Gasteiger partial charge in [-0.2, -0.15) is 0 Å². The minimum atomic E-state index is -0.349. The Bertz CT molecular complexity index is 699. The number of rotatable bonds is 6. The topological polar surface area (TPSA) is 35.5 Å². The van der Waals surface area contributed by atoms with E-state index < -0.39 is 0 Å². The molecule has 0 atom stereocenters. The van der Waals surface area contributed by atoms with Crippen LogP contribution in [0.15, 0.2) is 54.6 Å². The summed E-state index contributed by atoms with van der Waals surface area (Å²) in [6.45, 7) is 8.44. The lowest BCUT2D eigenvalue weighted by molar-refractivity contribution is 0.0600. The summed E-state index contributed by atoms with van der Waals surface area (Å²) in [5, 5.41) is 0. The number of carbonyl (C=O) groups excluding carboxylic acids is 1. The lowest BCUT2D eigenvalue weighted by atomic mass is 10.0. The zero-order valence-corrected chi connectivity index (χ0v) is 13.9. The minimum absolute atomic E-state index is 0.349. The van der Waals surface area contributed by atoms with Gasteiger partial charge in [-0.05, 0) is 49.6 Å². The molecule has 0 heterocycles. The van der Waals surface area contributed by atoms with Gasteiger partial charge in [0.05, 0.1) is 12.7 Å². The van der Waals surface area contributed by atoms with Crippen LogP contribution in [0, 0.1) is 6.92 Å². The maximum atomic E-state index is 11.7. The molecule has 0 aromatic heterocycles. The molecule has 0 aliphatic heterocycles. The van der Waals surface area contributed by atoms with Gasteiger partial charge in [0, 0.05) is 0 Å². The molecule has 3 heteroatoms. The molecule has 3 nitrogen and oxygen atoms in total. The maximum absolute atomic E-state index is 11.7. The first kappa shape index (κ1) is 16.8. The average molecular weight is 310 g/mol. The molecule has 0 spiro atoms. The third-order valence-electron chi connectivity index (χ3n) is 3.49. The molecule has 23 heavy (non-hydrogen) atoms. The Labute approximate surface area is 137 Å². The first-order chi connectivity index (χ1) is 11.0. The Morgan fingerprint density at radius 2 is 1.83 bits per heavy atom. The highest BCUT2D eigenvalue weighted by molar-refractivity contribution is 5.89.